The van der Waals surface area contributed by atoms with E-state index in [0.29, 0.717) is 22.1 Å². The molecule has 11 heteroatoms. The van der Waals surface area contributed by atoms with E-state index in [2.05, 4.69) is 5.32 Å². The van der Waals surface area contributed by atoms with Crippen molar-refractivity contribution in [3.05, 3.63) is 49.4 Å². The Hall–Kier alpha value is -2.19. The van der Waals surface area contributed by atoms with Gasteiger partial charge in [-0.3, -0.25) is 19.3 Å². The second-order valence-electron chi connectivity index (χ2n) is 5.85. The molecule has 7 nitrogen and oxygen atoms in total. The van der Waals surface area contributed by atoms with Gasteiger partial charge in [-0.05, 0) is 0 Å². The van der Waals surface area contributed by atoms with E-state index >= 15 is 0 Å². The molecular formula is C18H12Cl4N2O5. The lowest BCUT2D eigenvalue weighted by atomic mass is 10.1. The SMILES string of the molecule is COc1cc(NC(=O)CN2C(=O)c3c(Cl)c(Cl)c(Cl)c(Cl)c3C2=O)cc(OC)c1. The van der Waals surface area contributed by atoms with Gasteiger partial charge in [0.1, 0.15) is 18.0 Å². The van der Waals surface area contributed by atoms with Crippen LogP contribution in [-0.4, -0.2) is 43.4 Å². The summed E-state index contributed by atoms with van der Waals surface area (Å²) < 4.78 is 10.3. The number of methoxy groups -OCH3 is 2. The van der Waals surface area contributed by atoms with Crippen LogP contribution in [-0.2, 0) is 4.79 Å². The topological polar surface area (TPSA) is 84.9 Å². The van der Waals surface area contributed by atoms with Gasteiger partial charge in [-0.1, -0.05) is 46.4 Å². The highest BCUT2D eigenvalue weighted by atomic mass is 35.5. The molecule has 1 heterocycles. The first-order valence-electron chi connectivity index (χ1n) is 7.94. The smallest absolute Gasteiger partial charge is 0.263 e. The molecule has 0 unspecified atom stereocenters. The number of carbonyl (C=O) groups excluding carboxylic acids is 3. The highest BCUT2D eigenvalue weighted by Gasteiger charge is 2.42. The van der Waals surface area contributed by atoms with E-state index in [0.717, 1.165) is 0 Å². The number of hydrogen-bond donors (Lipinski definition) is 1. The number of hydrogen-bond acceptors (Lipinski definition) is 5. The second kappa shape index (κ2) is 8.28. The zero-order chi connectivity index (χ0) is 21.5. The van der Waals surface area contributed by atoms with Crippen LogP contribution in [0.3, 0.4) is 0 Å². The van der Waals surface area contributed by atoms with Crippen molar-refractivity contribution in [3.8, 4) is 11.5 Å². The monoisotopic (exact) mass is 476 g/mol. The van der Waals surface area contributed by atoms with Crippen LogP contribution in [0, 0.1) is 0 Å². The molecule has 29 heavy (non-hydrogen) atoms. The molecule has 2 aromatic rings. The number of imide groups is 1. The van der Waals surface area contributed by atoms with E-state index in [4.69, 9.17) is 55.9 Å². The van der Waals surface area contributed by atoms with Gasteiger partial charge < -0.3 is 14.8 Å². The van der Waals surface area contributed by atoms with Crippen molar-refractivity contribution < 1.29 is 23.9 Å². The number of amides is 3. The van der Waals surface area contributed by atoms with E-state index in [9.17, 15) is 14.4 Å². The molecule has 1 N–H and O–H groups in total. The van der Waals surface area contributed by atoms with Gasteiger partial charge in [-0.2, -0.15) is 0 Å². The zero-order valence-electron chi connectivity index (χ0n) is 14.9. The average Bonchev–Trinajstić information content (AvgIpc) is 2.95. The van der Waals surface area contributed by atoms with Gasteiger partial charge in [0.15, 0.2) is 0 Å². The Morgan fingerprint density at radius 2 is 1.31 bits per heavy atom. The van der Waals surface area contributed by atoms with Crippen LogP contribution in [0.4, 0.5) is 5.69 Å². The Balaban J connectivity index is 1.85. The molecule has 2 aromatic carbocycles. The number of ether oxygens (including phenoxy) is 2. The molecule has 3 amide bonds. The first-order chi connectivity index (χ1) is 13.7. The molecule has 152 valence electrons. The van der Waals surface area contributed by atoms with E-state index in [1.807, 2.05) is 0 Å². The van der Waals surface area contributed by atoms with E-state index in [1.54, 1.807) is 18.2 Å². The lowest BCUT2D eigenvalue weighted by Crippen LogP contribution is -2.37. The third-order valence-electron chi connectivity index (χ3n) is 4.12. The summed E-state index contributed by atoms with van der Waals surface area (Å²) in [7, 11) is 2.92. The molecule has 1 aliphatic rings. The average molecular weight is 478 g/mol. The number of anilines is 1. The summed E-state index contributed by atoms with van der Waals surface area (Å²) in [4.78, 5) is 38.5. The molecular weight excluding hydrogens is 466 g/mol. The molecule has 0 saturated heterocycles. The molecule has 3 rings (SSSR count). The molecule has 0 fully saturated rings. The number of fused-ring (bicyclic) bond motifs is 1. The minimum absolute atomic E-state index is 0.145. The van der Waals surface area contributed by atoms with Crippen molar-refractivity contribution in [3.63, 3.8) is 0 Å². The first-order valence-corrected chi connectivity index (χ1v) is 9.45. The minimum Gasteiger partial charge on any atom is -0.497 e. The van der Waals surface area contributed by atoms with Crippen molar-refractivity contribution >= 4 is 69.8 Å². The van der Waals surface area contributed by atoms with Gasteiger partial charge in [0.05, 0.1) is 45.4 Å². The Bertz CT molecular complexity index is 988. The molecule has 0 aromatic heterocycles. The Kier molecular flexibility index (Phi) is 6.14. The summed E-state index contributed by atoms with van der Waals surface area (Å²) in [5.41, 5.74) is -0.0243. The maximum Gasteiger partial charge on any atom is 0.263 e. The van der Waals surface area contributed by atoms with Crippen LogP contribution in [0.2, 0.25) is 20.1 Å². The van der Waals surface area contributed by atoms with Gasteiger partial charge in [0.25, 0.3) is 11.8 Å². The third kappa shape index (κ3) is 3.83. The van der Waals surface area contributed by atoms with Crippen molar-refractivity contribution in [1.29, 1.82) is 0 Å². The molecule has 0 spiro atoms. The first kappa shape index (κ1) is 21.5. The summed E-state index contributed by atoms with van der Waals surface area (Å²) in [6.45, 7) is -0.576. The standard InChI is InChI=1S/C18H12Cl4N2O5/c1-28-8-3-7(4-9(5-8)29-2)23-10(25)6-24-17(26)11-12(18(24)27)14(20)16(22)15(21)13(11)19/h3-5H,6H2,1-2H3,(H,23,25). The van der Waals surface area contributed by atoms with Gasteiger partial charge in [-0.25, -0.2) is 0 Å². The molecule has 0 aliphatic carbocycles. The predicted octanol–water partition coefficient (Wildman–Crippen LogP) is 4.55. The summed E-state index contributed by atoms with van der Waals surface area (Å²) in [6, 6.07) is 4.73. The van der Waals surface area contributed by atoms with Gasteiger partial charge in [0.2, 0.25) is 5.91 Å². The number of halogens is 4. The van der Waals surface area contributed by atoms with Crippen LogP contribution in [0.1, 0.15) is 20.7 Å². The number of rotatable bonds is 5. The lowest BCUT2D eigenvalue weighted by molar-refractivity contribution is -0.116. The normalized spacial score (nSPS) is 12.8. The Morgan fingerprint density at radius 1 is 0.862 bits per heavy atom. The van der Waals surface area contributed by atoms with E-state index in [1.165, 1.54) is 14.2 Å². The minimum atomic E-state index is -0.797. The lowest BCUT2D eigenvalue weighted by Gasteiger charge is -2.14. The van der Waals surface area contributed by atoms with Gasteiger partial charge in [0, 0.05) is 23.9 Å². The molecule has 0 atom stereocenters. The highest BCUT2D eigenvalue weighted by Crippen LogP contribution is 2.44. The fourth-order valence-electron chi connectivity index (χ4n) is 2.76. The van der Waals surface area contributed by atoms with Gasteiger partial charge >= 0.3 is 0 Å². The maximum atomic E-state index is 12.7. The van der Waals surface area contributed by atoms with E-state index in [-0.39, 0.29) is 31.2 Å². The largest absolute Gasteiger partial charge is 0.497 e. The Morgan fingerprint density at radius 3 is 1.72 bits per heavy atom. The van der Waals surface area contributed by atoms with E-state index < -0.39 is 24.3 Å². The van der Waals surface area contributed by atoms with Crippen LogP contribution >= 0.6 is 46.4 Å². The van der Waals surface area contributed by atoms with Crippen LogP contribution in [0.15, 0.2) is 18.2 Å². The Labute approximate surface area is 185 Å². The van der Waals surface area contributed by atoms with Gasteiger partial charge in [-0.15, -0.1) is 0 Å². The number of carbonyl (C=O) groups is 3. The number of benzene rings is 2. The zero-order valence-corrected chi connectivity index (χ0v) is 18.0. The van der Waals surface area contributed by atoms with Crippen molar-refractivity contribution in [2.75, 3.05) is 26.1 Å². The van der Waals surface area contributed by atoms with Crippen molar-refractivity contribution in [2.24, 2.45) is 0 Å². The second-order valence-corrected chi connectivity index (χ2v) is 7.36. The quantitative estimate of drug-likeness (QED) is 0.388. The van der Waals surface area contributed by atoms with Crippen molar-refractivity contribution in [1.82, 2.24) is 4.90 Å². The highest BCUT2D eigenvalue weighted by molar-refractivity contribution is 6.55. The number of nitrogens with zero attached hydrogens (tertiary/aromatic N) is 1. The third-order valence-corrected chi connectivity index (χ3v) is 5.92. The maximum absolute atomic E-state index is 12.7. The molecule has 0 radical (unpaired) electrons. The fourth-order valence-corrected chi connectivity index (χ4v) is 3.78. The van der Waals surface area contributed by atoms with Crippen molar-refractivity contribution in [2.45, 2.75) is 0 Å². The molecule has 0 saturated carbocycles. The number of nitrogens with one attached hydrogen (secondary N) is 1. The fraction of sp³-hybridized carbons (Fsp3) is 0.167. The van der Waals surface area contributed by atoms with Crippen LogP contribution in [0.25, 0.3) is 0 Å². The molecule has 0 bridgehead atoms. The molecule has 1 aliphatic heterocycles. The summed E-state index contributed by atoms with van der Waals surface area (Å²) >= 11 is 24.1. The predicted molar refractivity (Wildman–Crippen MR) is 110 cm³/mol. The van der Waals surface area contributed by atoms with Crippen LogP contribution in [0.5, 0.6) is 11.5 Å². The summed E-state index contributed by atoms with van der Waals surface area (Å²) in [5, 5.41) is 1.89. The summed E-state index contributed by atoms with van der Waals surface area (Å²) in [5.74, 6) is -1.34. The van der Waals surface area contributed by atoms with Crippen LogP contribution < -0.4 is 14.8 Å². The summed E-state index contributed by atoms with van der Waals surface area (Å²) in [6.07, 6.45) is 0.